The van der Waals surface area contributed by atoms with Crippen LogP contribution in [0.5, 0.6) is 0 Å². The van der Waals surface area contributed by atoms with E-state index in [2.05, 4.69) is 10.00 Å². The maximum absolute atomic E-state index is 13.0. The number of rotatable bonds is 4. The van der Waals surface area contributed by atoms with Gasteiger partial charge in [0, 0.05) is 45.0 Å². The zero-order chi connectivity index (χ0) is 18.3. The lowest BCUT2D eigenvalue weighted by molar-refractivity contribution is -0.0502. The first kappa shape index (κ1) is 17.7. The number of morpholine rings is 1. The Morgan fingerprint density at radius 3 is 2.69 bits per heavy atom. The van der Waals surface area contributed by atoms with Gasteiger partial charge in [-0.3, -0.25) is 9.58 Å². The third-order valence-electron chi connectivity index (χ3n) is 5.19. The van der Waals surface area contributed by atoms with Gasteiger partial charge >= 0.3 is 0 Å². The summed E-state index contributed by atoms with van der Waals surface area (Å²) in [6.07, 6.45) is 3.78. The number of hydrogen-bond acceptors (Lipinski definition) is 5. The van der Waals surface area contributed by atoms with E-state index in [0.29, 0.717) is 24.6 Å². The number of fused-ring (bicyclic) bond motifs is 1. The molecule has 7 nitrogen and oxygen atoms in total. The lowest BCUT2D eigenvalue weighted by Crippen LogP contribution is -2.50. The van der Waals surface area contributed by atoms with E-state index in [-0.39, 0.29) is 12.1 Å². The Morgan fingerprint density at radius 1 is 1.23 bits per heavy atom. The molecule has 0 saturated carbocycles. The summed E-state index contributed by atoms with van der Waals surface area (Å²) >= 11 is 0. The molecule has 0 aliphatic carbocycles. The fraction of sp³-hybridized carbons (Fsp3) is 0.500. The highest BCUT2D eigenvalue weighted by atomic mass is 32.2. The van der Waals surface area contributed by atoms with Gasteiger partial charge in [-0.25, -0.2) is 8.42 Å². The highest BCUT2D eigenvalue weighted by Crippen LogP contribution is 2.29. The first-order chi connectivity index (χ1) is 12.4. The van der Waals surface area contributed by atoms with Crippen LogP contribution >= 0.6 is 0 Å². The van der Waals surface area contributed by atoms with E-state index in [4.69, 9.17) is 4.74 Å². The molecule has 8 heteroatoms. The van der Waals surface area contributed by atoms with Crippen molar-refractivity contribution in [3.63, 3.8) is 0 Å². The standard InChI is InChI=1S/C18H24N4O3S/c1-14-3-5-16(6-4-14)26(23,24)22-12-17-18(13-22)25-8-7-21(17)11-15-9-19-20(2)10-15/h3-6,9-10,17-18H,7-8,11-13H2,1-2H3/t17-,18+/m1/s1. The molecule has 26 heavy (non-hydrogen) atoms. The van der Waals surface area contributed by atoms with Gasteiger partial charge in [0.05, 0.1) is 29.8 Å². The van der Waals surface area contributed by atoms with Gasteiger partial charge in [-0.15, -0.1) is 0 Å². The Balaban J connectivity index is 1.52. The van der Waals surface area contributed by atoms with Crippen LogP contribution < -0.4 is 0 Å². The summed E-state index contributed by atoms with van der Waals surface area (Å²) in [5.74, 6) is 0. The van der Waals surface area contributed by atoms with Gasteiger partial charge in [-0.05, 0) is 19.1 Å². The highest BCUT2D eigenvalue weighted by Gasteiger charge is 2.44. The van der Waals surface area contributed by atoms with E-state index >= 15 is 0 Å². The molecule has 140 valence electrons. The minimum Gasteiger partial charge on any atom is -0.374 e. The van der Waals surface area contributed by atoms with Gasteiger partial charge < -0.3 is 4.74 Å². The lowest BCUT2D eigenvalue weighted by Gasteiger charge is -2.36. The summed E-state index contributed by atoms with van der Waals surface area (Å²) in [7, 11) is -1.60. The van der Waals surface area contributed by atoms with Crippen molar-refractivity contribution in [2.75, 3.05) is 26.2 Å². The van der Waals surface area contributed by atoms with Crippen molar-refractivity contribution in [2.24, 2.45) is 7.05 Å². The third kappa shape index (κ3) is 3.29. The maximum atomic E-state index is 13.0. The highest BCUT2D eigenvalue weighted by molar-refractivity contribution is 7.89. The van der Waals surface area contributed by atoms with E-state index in [1.807, 2.05) is 38.5 Å². The number of aryl methyl sites for hydroxylation is 2. The first-order valence-corrected chi connectivity index (χ1v) is 10.3. The van der Waals surface area contributed by atoms with Crippen LogP contribution in [0.3, 0.4) is 0 Å². The quantitative estimate of drug-likeness (QED) is 0.797. The molecule has 0 spiro atoms. The van der Waals surface area contributed by atoms with Crippen molar-refractivity contribution in [3.8, 4) is 0 Å². The van der Waals surface area contributed by atoms with Crippen molar-refractivity contribution in [1.82, 2.24) is 19.0 Å². The molecule has 2 atom stereocenters. The second-order valence-electron chi connectivity index (χ2n) is 7.10. The molecule has 3 heterocycles. The third-order valence-corrected chi connectivity index (χ3v) is 7.03. The first-order valence-electron chi connectivity index (χ1n) is 8.83. The molecule has 0 unspecified atom stereocenters. The van der Waals surface area contributed by atoms with Crippen LogP contribution in [-0.4, -0.2) is 65.8 Å². The van der Waals surface area contributed by atoms with Gasteiger partial charge in [0.15, 0.2) is 0 Å². The number of aromatic nitrogens is 2. The average molecular weight is 376 g/mol. The Hall–Kier alpha value is -1.74. The summed E-state index contributed by atoms with van der Waals surface area (Å²) in [6, 6.07) is 7.11. The Morgan fingerprint density at radius 2 is 2.00 bits per heavy atom. The van der Waals surface area contributed by atoms with E-state index in [1.54, 1.807) is 21.1 Å². The number of sulfonamides is 1. The topological polar surface area (TPSA) is 67.7 Å². The zero-order valence-electron chi connectivity index (χ0n) is 15.1. The molecule has 2 saturated heterocycles. The van der Waals surface area contributed by atoms with E-state index in [0.717, 1.165) is 24.2 Å². The fourth-order valence-corrected chi connectivity index (χ4v) is 5.23. The number of ether oxygens (including phenoxy) is 1. The predicted octanol–water partition coefficient (Wildman–Crippen LogP) is 1.00. The van der Waals surface area contributed by atoms with E-state index < -0.39 is 10.0 Å². The molecular formula is C18H24N4O3S. The molecule has 2 aromatic rings. The summed E-state index contributed by atoms with van der Waals surface area (Å²) in [4.78, 5) is 2.66. The smallest absolute Gasteiger partial charge is 0.243 e. The molecule has 2 aliphatic heterocycles. The summed E-state index contributed by atoms with van der Waals surface area (Å²) in [6.45, 7) is 5.00. The van der Waals surface area contributed by atoms with Crippen molar-refractivity contribution < 1.29 is 13.2 Å². The number of nitrogens with zero attached hydrogens (tertiary/aromatic N) is 4. The minimum atomic E-state index is -3.50. The Bertz CT molecular complexity index is 878. The van der Waals surface area contributed by atoms with Crippen molar-refractivity contribution in [3.05, 3.63) is 47.8 Å². The predicted molar refractivity (Wildman–Crippen MR) is 97.1 cm³/mol. The molecule has 4 rings (SSSR count). The van der Waals surface area contributed by atoms with Gasteiger partial charge in [0.2, 0.25) is 10.0 Å². The lowest BCUT2D eigenvalue weighted by atomic mass is 10.1. The normalized spacial score (nSPS) is 24.7. The molecule has 2 fully saturated rings. The summed E-state index contributed by atoms with van der Waals surface area (Å²) < 4.78 is 35.2. The van der Waals surface area contributed by atoms with Crippen LogP contribution in [-0.2, 0) is 28.4 Å². The van der Waals surface area contributed by atoms with Gasteiger partial charge in [-0.1, -0.05) is 17.7 Å². The minimum absolute atomic E-state index is 0.0733. The molecule has 2 aliphatic rings. The van der Waals surface area contributed by atoms with Crippen LogP contribution in [0.4, 0.5) is 0 Å². The Labute approximate surface area is 154 Å². The zero-order valence-corrected chi connectivity index (χ0v) is 15.9. The average Bonchev–Trinajstić information content (AvgIpc) is 3.22. The summed E-state index contributed by atoms with van der Waals surface area (Å²) in [5, 5.41) is 4.22. The molecule has 0 amide bonds. The maximum Gasteiger partial charge on any atom is 0.243 e. The van der Waals surface area contributed by atoms with Crippen molar-refractivity contribution in [2.45, 2.75) is 30.5 Å². The molecule has 0 N–H and O–H groups in total. The number of hydrogen-bond donors (Lipinski definition) is 0. The van der Waals surface area contributed by atoms with Crippen LogP contribution in [0.1, 0.15) is 11.1 Å². The molecule has 1 aromatic carbocycles. The molecule has 1 aromatic heterocycles. The monoisotopic (exact) mass is 376 g/mol. The molecule has 0 radical (unpaired) electrons. The second kappa shape index (κ2) is 6.77. The van der Waals surface area contributed by atoms with Gasteiger partial charge in [0.1, 0.15) is 0 Å². The van der Waals surface area contributed by atoms with Crippen molar-refractivity contribution in [1.29, 1.82) is 0 Å². The number of benzene rings is 1. The van der Waals surface area contributed by atoms with Crippen LogP contribution in [0.25, 0.3) is 0 Å². The summed E-state index contributed by atoms with van der Waals surface area (Å²) in [5.41, 5.74) is 2.18. The Kier molecular flexibility index (Phi) is 4.60. The van der Waals surface area contributed by atoms with Crippen molar-refractivity contribution >= 4 is 10.0 Å². The second-order valence-corrected chi connectivity index (χ2v) is 9.04. The largest absolute Gasteiger partial charge is 0.374 e. The van der Waals surface area contributed by atoms with Gasteiger partial charge in [0.25, 0.3) is 0 Å². The molecular weight excluding hydrogens is 352 g/mol. The van der Waals surface area contributed by atoms with Crippen LogP contribution in [0.2, 0.25) is 0 Å². The van der Waals surface area contributed by atoms with E-state index in [9.17, 15) is 8.42 Å². The van der Waals surface area contributed by atoms with Crippen LogP contribution in [0, 0.1) is 6.92 Å². The molecule has 0 bridgehead atoms. The van der Waals surface area contributed by atoms with Gasteiger partial charge in [-0.2, -0.15) is 9.40 Å². The fourth-order valence-electron chi connectivity index (χ4n) is 3.76. The SMILES string of the molecule is Cc1ccc(S(=O)(=O)N2C[C@@H]3OCCN(Cc4cnn(C)c4)[C@@H]3C2)cc1. The van der Waals surface area contributed by atoms with E-state index in [1.165, 1.54) is 0 Å². The van der Waals surface area contributed by atoms with Crippen LogP contribution in [0.15, 0.2) is 41.6 Å².